The molecule has 3 atom stereocenters. The molecule has 0 saturated carbocycles. The Morgan fingerprint density at radius 1 is 1.15 bits per heavy atom. The Labute approximate surface area is 119 Å². The van der Waals surface area contributed by atoms with Gasteiger partial charge in [0, 0.05) is 23.7 Å². The third-order valence-electron chi connectivity index (χ3n) is 4.93. The number of benzene rings is 1. The van der Waals surface area contributed by atoms with Crippen LogP contribution < -0.4 is 4.74 Å². The van der Waals surface area contributed by atoms with Gasteiger partial charge in [-0.05, 0) is 57.0 Å². The van der Waals surface area contributed by atoms with Gasteiger partial charge in [0.25, 0.3) is 0 Å². The van der Waals surface area contributed by atoms with Crippen molar-refractivity contribution in [3.8, 4) is 5.75 Å². The van der Waals surface area contributed by atoms with E-state index in [0.29, 0.717) is 6.10 Å². The number of aromatic nitrogens is 1. The van der Waals surface area contributed by atoms with Crippen molar-refractivity contribution < 1.29 is 4.74 Å². The predicted molar refractivity (Wildman–Crippen MR) is 80.0 cm³/mol. The van der Waals surface area contributed by atoms with Crippen LogP contribution in [0.1, 0.15) is 25.7 Å². The van der Waals surface area contributed by atoms with E-state index >= 15 is 0 Å². The fourth-order valence-electron chi connectivity index (χ4n) is 3.78. The molecular weight excluding hydrogens is 248 g/mol. The second-order valence-corrected chi connectivity index (χ2v) is 6.12. The molecule has 0 aliphatic carbocycles. The maximum atomic E-state index is 6.24. The number of nitrogens with zero attached hydrogens (tertiary/aromatic N) is 2. The molecule has 3 nitrogen and oxygen atoms in total. The molecule has 20 heavy (non-hydrogen) atoms. The van der Waals surface area contributed by atoms with Crippen LogP contribution in [0.4, 0.5) is 0 Å². The number of ether oxygens (including phenoxy) is 1. The average Bonchev–Trinajstić information content (AvgIpc) is 2.70. The summed E-state index contributed by atoms with van der Waals surface area (Å²) < 4.78 is 6.24. The summed E-state index contributed by atoms with van der Waals surface area (Å²) in [7, 11) is 2.26. The van der Waals surface area contributed by atoms with Gasteiger partial charge in [0.05, 0.1) is 5.52 Å². The lowest BCUT2D eigenvalue weighted by Gasteiger charge is -2.36. The number of hydrogen-bond donors (Lipinski definition) is 0. The summed E-state index contributed by atoms with van der Waals surface area (Å²) in [5.74, 6) is 0.986. The second-order valence-electron chi connectivity index (χ2n) is 6.12. The highest BCUT2D eigenvalue weighted by Crippen LogP contribution is 2.36. The van der Waals surface area contributed by atoms with Gasteiger partial charge in [0.2, 0.25) is 0 Å². The summed E-state index contributed by atoms with van der Waals surface area (Å²) in [6, 6.07) is 11.7. The lowest BCUT2D eigenvalue weighted by atomic mass is 10.0. The molecule has 0 spiro atoms. The first-order valence-corrected chi connectivity index (χ1v) is 7.53. The Hall–Kier alpha value is -1.61. The maximum Gasteiger partial charge on any atom is 0.120 e. The Morgan fingerprint density at radius 2 is 1.95 bits per heavy atom. The summed E-state index contributed by atoms with van der Waals surface area (Å²) in [5, 5.41) is 1.15. The molecule has 0 amide bonds. The number of rotatable bonds is 2. The van der Waals surface area contributed by atoms with Crippen LogP contribution >= 0.6 is 0 Å². The van der Waals surface area contributed by atoms with E-state index in [1.807, 2.05) is 18.3 Å². The first-order chi connectivity index (χ1) is 9.79. The zero-order chi connectivity index (χ0) is 13.5. The van der Waals surface area contributed by atoms with E-state index < -0.39 is 0 Å². The minimum absolute atomic E-state index is 0.373. The molecule has 1 unspecified atom stereocenters. The standard InChI is InChI=1S/C17H20N2O/c1-19-13-4-5-14(19)11-16(10-13)20-15-6-7-17-12(9-15)3-2-8-18-17/h2-3,6-9,13-14,16H,4-5,10-11H2,1H3/t13-,14+,16?. The monoisotopic (exact) mass is 268 g/mol. The molecule has 2 fully saturated rings. The largest absolute Gasteiger partial charge is 0.490 e. The van der Waals surface area contributed by atoms with E-state index in [-0.39, 0.29) is 0 Å². The molecule has 2 aliphatic heterocycles. The SMILES string of the molecule is CN1[C@@H]2CC[C@H]1CC(Oc1ccc3ncccc3c1)C2. The minimum Gasteiger partial charge on any atom is -0.490 e. The molecule has 0 N–H and O–H groups in total. The van der Waals surface area contributed by atoms with Crippen LogP contribution in [0.25, 0.3) is 10.9 Å². The molecular formula is C17H20N2O. The highest BCUT2D eigenvalue weighted by Gasteiger charge is 2.39. The van der Waals surface area contributed by atoms with Crippen LogP contribution in [-0.4, -0.2) is 35.1 Å². The summed E-state index contributed by atoms with van der Waals surface area (Å²) in [4.78, 5) is 6.90. The van der Waals surface area contributed by atoms with Crippen LogP contribution in [0.3, 0.4) is 0 Å². The third kappa shape index (κ3) is 2.06. The molecule has 3 heteroatoms. The topological polar surface area (TPSA) is 25.4 Å². The van der Waals surface area contributed by atoms with Crippen LogP contribution in [0.15, 0.2) is 36.5 Å². The predicted octanol–water partition coefficient (Wildman–Crippen LogP) is 3.24. The summed E-state index contributed by atoms with van der Waals surface area (Å²) in [5.41, 5.74) is 1.03. The third-order valence-corrected chi connectivity index (χ3v) is 4.93. The molecule has 104 valence electrons. The van der Waals surface area contributed by atoms with E-state index in [9.17, 15) is 0 Å². The highest BCUT2D eigenvalue weighted by molar-refractivity contribution is 5.79. The van der Waals surface area contributed by atoms with Gasteiger partial charge in [-0.3, -0.25) is 4.98 Å². The fraction of sp³-hybridized carbons (Fsp3) is 0.471. The molecule has 1 aromatic heterocycles. The van der Waals surface area contributed by atoms with Crippen molar-refractivity contribution in [2.45, 2.75) is 43.9 Å². The molecule has 3 heterocycles. The first-order valence-electron chi connectivity index (χ1n) is 7.53. The van der Waals surface area contributed by atoms with E-state index in [2.05, 4.69) is 35.1 Å². The molecule has 2 aromatic rings. The van der Waals surface area contributed by atoms with Gasteiger partial charge in [-0.2, -0.15) is 0 Å². The summed E-state index contributed by atoms with van der Waals surface area (Å²) in [6.45, 7) is 0. The molecule has 2 bridgehead atoms. The van der Waals surface area contributed by atoms with E-state index in [4.69, 9.17) is 4.74 Å². The highest BCUT2D eigenvalue weighted by atomic mass is 16.5. The van der Waals surface area contributed by atoms with Crippen molar-refractivity contribution in [1.29, 1.82) is 0 Å². The van der Waals surface area contributed by atoms with Gasteiger partial charge in [0.15, 0.2) is 0 Å². The Balaban J connectivity index is 1.53. The minimum atomic E-state index is 0.373. The van der Waals surface area contributed by atoms with Gasteiger partial charge in [-0.15, -0.1) is 0 Å². The molecule has 1 aromatic carbocycles. The zero-order valence-electron chi connectivity index (χ0n) is 11.8. The molecule has 2 saturated heterocycles. The summed E-state index contributed by atoms with van der Waals surface area (Å²) in [6.07, 6.45) is 7.21. The van der Waals surface area contributed by atoms with Crippen LogP contribution in [0.2, 0.25) is 0 Å². The van der Waals surface area contributed by atoms with E-state index in [1.165, 1.54) is 12.8 Å². The Kier molecular flexibility index (Phi) is 2.88. The van der Waals surface area contributed by atoms with Gasteiger partial charge < -0.3 is 9.64 Å². The normalized spacial score (nSPS) is 29.8. The van der Waals surface area contributed by atoms with Crippen molar-refractivity contribution in [1.82, 2.24) is 9.88 Å². The maximum absolute atomic E-state index is 6.24. The van der Waals surface area contributed by atoms with Gasteiger partial charge in [0.1, 0.15) is 11.9 Å². The Bertz CT molecular complexity index is 613. The fourth-order valence-corrected chi connectivity index (χ4v) is 3.78. The lowest BCUT2D eigenvalue weighted by Crippen LogP contribution is -2.43. The van der Waals surface area contributed by atoms with E-state index in [0.717, 1.165) is 41.6 Å². The lowest BCUT2D eigenvalue weighted by molar-refractivity contribution is 0.0662. The van der Waals surface area contributed by atoms with Crippen molar-refractivity contribution >= 4 is 10.9 Å². The van der Waals surface area contributed by atoms with E-state index in [1.54, 1.807) is 0 Å². The van der Waals surface area contributed by atoms with Crippen molar-refractivity contribution in [2.24, 2.45) is 0 Å². The van der Waals surface area contributed by atoms with Crippen molar-refractivity contribution in [2.75, 3.05) is 7.05 Å². The van der Waals surface area contributed by atoms with Crippen LogP contribution in [0, 0.1) is 0 Å². The van der Waals surface area contributed by atoms with Gasteiger partial charge in [-0.1, -0.05) is 6.07 Å². The number of hydrogen-bond acceptors (Lipinski definition) is 3. The van der Waals surface area contributed by atoms with Crippen LogP contribution in [0.5, 0.6) is 5.75 Å². The van der Waals surface area contributed by atoms with Gasteiger partial charge >= 0.3 is 0 Å². The number of fused-ring (bicyclic) bond motifs is 3. The first kappa shape index (κ1) is 12.2. The number of pyridine rings is 1. The Morgan fingerprint density at radius 3 is 2.75 bits per heavy atom. The van der Waals surface area contributed by atoms with Crippen molar-refractivity contribution in [3.05, 3.63) is 36.5 Å². The molecule has 4 rings (SSSR count). The average molecular weight is 268 g/mol. The smallest absolute Gasteiger partial charge is 0.120 e. The molecule has 2 aliphatic rings. The second kappa shape index (κ2) is 4.74. The van der Waals surface area contributed by atoms with Crippen LogP contribution in [-0.2, 0) is 0 Å². The molecule has 0 radical (unpaired) electrons. The number of piperidine rings is 1. The summed E-state index contributed by atoms with van der Waals surface area (Å²) >= 11 is 0. The quantitative estimate of drug-likeness (QED) is 0.836. The van der Waals surface area contributed by atoms with Crippen molar-refractivity contribution in [3.63, 3.8) is 0 Å². The van der Waals surface area contributed by atoms with Gasteiger partial charge in [-0.25, -0.2) is 0 Å². The zero-order valence-corrected chi connectivity index (χ0v) is 11.8.